The second-order valence-corrected chi connectivity index (χ2v) is 7.01. The molecule has 4 N–H and O–H groups in total. The molecule has 0 spiro atoms. The molecule has 0 bridgehead atoms. The molecule has 10 nitrogen and oxygen atoms in total. The number of rotatable bonds is 5. The Hall–Kier alpha value is -1.60. The van der Waals surface area contributed by atoms with Crippen molar-refractivity contribution in [2.75, 3.05) is 18.6 Å². The van der Waals surface area contributed by atoms with Crippen LogP contribution < -0.4 is 40.6 Å². The molecule has 1 saturated heterocycles. The number of thioether (sulfide) groups is 1. The van der Waals surface area contributed by atoms with Crippen molar-refractivity contribution >= 4 is 51.7 Å². The zero-order chi connectivity index (χ0) is 18.1. The van der Waals surface area contributed by atoms with Crippen LogP contribution in [0.5, 0.6) is 0 Å². The standard InChI is InChI=1S/C13H13N5O5S2.Na/c1-23-17-7(5-4-25-13(14)15-5)9(19)16-8-10(20)18-6(12(21)22)2-3-24-11(8)18;/h2,4,8,11H,3H2,1H3,(H2,14,15)(H,16,19)(H,21,22);/q;+1/b17-7-;/t8-,11-;/m1./s1. The molecule has 2 aliphatic rings. The molecule has 0 aromatic carbocycles. The molecule has 0 saturated carbocycles. The van der Waals surface area contributed by atoms with E-state index in [9.17, 15) is 14.4 Å². The topological polar surface area (TPSA) is 147 Å². The van der Waals surface area contributed by atoms with Gasteiger partial charge in [-0.3, -0.25) is 14.5 Å². The van der Waals surface area contributed by atoms with Crippen molar-refractivity contribution in [1.82, 2.24) is 15.2 Å². The van der Waals surface area contributed by atoms with Crippen LogP contribution in [0.4, 0.5) is 5.13 Å². The maximum Gasteiger partial charge on any atom is 1.00 e. The van der Waals surface area contributed by atoms with Gasteiger partial charge >= 0.3 is 35.5 Å². The molecule has 3 heterocycles. The number of hydrogen-bond acceptors (Lipinski definition) is 9. The number of anilines is 1. The number of β-lactam (4-membered cyclic amide) rings is 1. The van der Waals surface area contributed by atoms with E-state index < -0.39 is 29.2 Å². The van der Waals surface area contributed by atoms with Crippen LogP contribution in [0.2, 0.25) is 0 Å². The first-order valence-corrected chi connectivity index (χ1v) is 8.88. The Labute approximate surface area is 178 Å². The number of aromatic nitrogens is 1. The third kappa shape index (κ3) is 3.74. The monoisotopic (exact) mass is 406 g/mol. The fourth-order valence-corrected chi connectivity index (χ4v) is 4.18. The Bertz CT molecular complexity index is 811. The van der Waals surface area contributed by atoms with Crippen molar-refractivity contribution in [1.29, 1.82) is 0 Å². The first-order chi connectivity index (χ1) is 11.9. The second-order valence-electron chi connectivity index (χ2n) is 4.97. The molecule has 0 radical (unpaired) electrons. The number of fused-ring (bicyclic) bond motifs is 1. The van der Waals surface area contributed by atoms with Gasteiger partial charge in [-0.1, -0.05) is 5.16 Å². The summed E-state index contributed by atoms with van der Waals surface area (Å²) in [7, 11) is 1.28. The van der Waals surface area contributed by atoms with Gasteiger partial charge in [-0.2, -0.15) is 0 Å². The summed E-state index contributed by atoms with van der Waals surface area (Å²) < 4.78 is 0. The predicted molar refractivity (Wildman–Crippen MR) is 90.8 cm³/mol. The summed E-state index contributed by atoms with van der Waals surface area (Å²) in [4.78, 5) is 45.7. The predicted octanol–water partition coefficient (Wildman–Crippen LogP) is -3.55. The average Bonchev–Trinajstić information content (AvgIpc) is 3.02. The van der Waals surface area contributed by atoms with E-state index in [1.807, 2.05) is 0 Å². The summed E-state index contributed by atoms with van der Waals surface area (Å²) in [5.74, 6) is -1.89. The Balaban J connectivity index is 0.00000243. The van der Waals surface area contributed by atoms with E-state index in [2.05, 4.69) is 20.3 Å². The first kappa shape index (κ1) is 20.7. The number of carboxylic acid groups (broad SMARTS) is 1. The van der Waals surface area contributed by atoms with Crippen LogP contribution in [-0.4, -0.2) is 62.8 Å². The molecule has 132 valence electrons. The summed E-state index contributed by atoms with van der Waals surface area (Å²) in [5, 5.41) is 16.7. The van der Waals surface area contributed by atoms with Crippen LogP contribution in [0.3, 0.4) is 0 Å². The van der Waals surface area contributed by atoms with E-state index in [0.717, 1.165) is 16.2 Å². The van der Waals surface area contributed by atoms with Crippen molar-refractivity contribution in [3.63, 3.8) is 0 Å². The summed E-state index contributed by atoms with van der Waals surface area (Å²) in [5.41, 5.74) is 5.60. The van der Waals surface area contributed by atoms with Crippen LogP contribution in [0.1, 0.15) is 5.69 Å². The Kier molecular flexibility index (Phi) is 6.69. The fraction of sp³-hybridized carbons (Fsp3) is 0.308. The van der Waals surface area contributed by atoms with Crippen molar-refractivity contribution in [2.24, 2.45) is 5.16 Å². The fourth-order valence-electron chi connectivity index (χ4n) is 2.44. The summed E-state index contributed by atoms with van der Waals surface area (Å²) >= 11 is 2.49. The molecule has 2 aliphatic heterocycles. The Morgan fingerprint density at radius 1 is 1.54 bits per heavy atom. The van der Waals surface area contributed by atoms with Crippen molar-refractivity contribution in [2.45, 2.75) is 11.4 Å². The van der Waals surface area contributed by atoms with Crippen LogP contribution in [0.25, 0.3) is 0 Å². The van der Waals surface area contributed by atoms with Crippen LogP contribution in [0.15, 0.2) is 22.3 Å². The van der Waals surface area contributed by atoms with Gasteiger partial charge in [0.25, 0.3) is 11.8 Å². The van der Waals surface area contributed by atoms with Gasteiger partial charge in [-0.15, -0.1) is 23.1 Å². The van der Waals surface area contributed by atoms with Gasteiger partial charge in [0.05, 0.1) is 0 Å². The van der Waals surface area contributed by atoms with Gasteiger partial charge in [0, 0.05) is 11.1 Å². The number of carbonyl (C=O) groups is 3. The van der Waals surface area contributed by atoms with Crippen molar-refractivity contribution in [3.05, 3.63) is 22.8 Å². The number of thiazole rings is 1. The molecule has 3 rings (SSSR count). The van der Waals surface area contributed by atoms with Crippen molar-refractivity contribution in [3.8, 4) is 0 Å². The molecule has 13 heteroatoms. The molecule has 0 aliphatic carbocycles. The maximum absolute atomic E-state index is 12.5. The molecular weight excluding hydrogens is 393 g/mol. The normalized spacial score (nSPS) is 21.7. The minimum Gasteiger partial charge on any atom is -0.477 e. The third-order valence-electron chi connectivity index (χ3n) is 3.51. The van der Waals surface area contributed by atoms with Crippen LogP contribution in [-0.2, 0) is 19.2 Å². The Morgan fingerprint density at radius 3 is 2.85 bits per heavy atom. The number of oxime groups is 1. The first-order valence-electron chi connectivity index (χ1n) is 6.95. The number of nitrogens with two attached hydrogens (primary N) is 1. The molecule has 1 aromatic rings. The molecule has 2 amide bonds. The Morgan fingerprint density at radius 2 is 2.27 bits per heavy atom. The number of aliphatic carboxylic acids is 1. The van der Waals surface area contributed by atoms with Gasteiger partial charge in [-0.25, -0.2) is 9.78 Å². The van der Waals surface area contributed by atoms with E-state index in [1.165, 1.54) is 24.9 Å². The van der Waals surface area contributed by atoms with E-state index >= 15 is 0 Å². The van der Waals surface area contributed by atoms with E-state index in [-0.39, 0.29) is 51.8 Å². The van der Waals surface area contributed by atoms with Gasteiger partial charge in [0.1, 0.15) is 29.9 Å². The van der Waals surface area contributed by atoms with Crippen LogP contribution >= 0.6 is 23.1 Å². The molecule has 26 heavy (non-hydrogen) atoms. The zero-order valence-corrected chi connectivity index (χ0v) is 17.5. The molecule has 1 fully saturated rings. The minimum absolute atomic E-state index is 0. The van der Waals surface area contributed by atoms with Gasteiger partial charge < -0.3 is 21.0 Å². The smallest absolute Gasteiger partial charge is 0.477 e. The average molecular weight is 406 g/mol. The number of hydrogen-bond donors (Lipinski definition) is 3. The van der Waals surface area contributed by atoms with Crippen LogP contribution in [0, 0.1) is 0 Å². The van der Waals surface area contributed by atoms with Gasteiger partial charge in [-0.05, 0) is 6.08 Å². The minimum atomic E-state index is -1.18. The summed E-state index contributed by atoms with van der Waals surface area (Å²) in [6.07, 6.45) is 1.47. The summed E-state index contributed by atoms with van der Waals surface area (Å²) in [6, 6.07) is -0.849. The van der Waals surface area contributed by atoms with E-state index in [4.69, 9.17) is 10.8 Å². The second kappa shape index (κ2) is 8.39. The van der Waals surface area contributed by atoms with E-state index in [0.29, 0.717) is 5.75 Å². The quantitative estimate of drug-likeness (QED) is 0.197. The van der Waals surface area contributed by atoms with Gasteiger partial charge in [0.2, 0.25) is 0 Å². The largest absolute Gasteiger partial charge is 1.00 e. The number of nitrogens with zero attached hydrogens (tertiary/aromatic N) is 3. The molecule has 0 unspecified atom stereocenters. The number of nitrogen functional groups attached to an aromatic ring is 1. The summed E-state index contributed by atoms with van der Waals surface area (Å²) in [6.45, 7) is 0. The van der Waals surface area contributed by atoms with Crippen molar-refractivity contribution < 1.29 is 53.9 Å². The molecule has 2 atom stereocenters. The molecular formula is C13H13N5NaO5S2+. The number of carboxylic acids is 1. The van der Waals surface area contributed by atoms with E-state index in [1.54, 1.807) is 5.38 Å². The SMILES string of the molecule is CO/N=C(\C(=O)N[C@@H]1C(=O)N2C(C(=O)O)=CCS[C@H]12)c1csc(N)n1.[Na+]. The number of carbonyl (C=O) groups excluding carboxylic acids is 2. The number of nitrogens with one attached hydrogen (secondary N) is 1. The number of amides is 2. The zero-order valence-electron chi connectivity index (χ0n) is 13.8. The third-order valence-corrected chi connectivity index (χ3v) is 5.37. The maximum atomic E-state index is 12.5. The molecule has 1 aromatic heterocycles. The van der Waals surface area contributed by atoms with Gasteiger partial charge in [0.15, 0.2) is 10.8 Å².